The molecule has 2 heterocycles. The van der Waals surface area contributed by atoms with Gasteiger partial charge in [-0.2, -0.15) is 0 Å². The Hall–Kier alpha value is -2.19. The van der Waals surface area contributed by atoms with Crippen molar-refractivity contribution in [3.8, 4) is 0 Å². The van der Waals surface area contributed by atoms with Crippen LogP contribution in [0.25, 0.3) is 0 Å². The summed E-state index contributed by atoms with van der Waals surface area (Å²) in [4.78, 5) is 40.7. The van der Waals surface area contributed by atoms with Gasteiger partial charge in [-0.1, -0.05) is 19.9 Å². The first kappa shape index (κ1) is 20.1. The molecule has 0 amide bonds. The molecule has 8 heteroatoms. The molecule has 2 N–H and O–H groups in total. The van der Waals surface area contributed by atoms with Crippen LogP contribution in [0.1, 0.15) is 42.0 Å². The van der Waals surface area contributed by atoms with Gasteiger partial charge >= 0.3 is 5.69 Å². The Labute approximate surface area is 156 Å². The van der Waals surface area contributed by atoms with Gasteiger partial charge in [0.1, 0.15) is 11.4 Å². The van der Waals surface area contributed by atoms with Crippen LogP contribution in [-0.2, 0) is 13.6 Å². The minimum Gasteiger partial charge on any atom is -0.384 e. The van der Waals surface area contributed by atoms with Gasteiger partial charge in [0.2, 0.25) is 0 Å². The van der Waals surface area contributed by atoms with E-state index in [0.717, 1.165) is 9.44 Å². The van der Waals surface area contributed by atoms with Crippen molar-refractivity contribution in [2.24, 2.45) is 13.0 Å². The van der Waals surface area contributed by atoms with Gasteiger partial charge in [0.25, 0.3) is 5.56 Å². The molecule has 1 unspecified atom stereocenters. The molecule has 7 nitrogen and oxygen atoms in total. The van der Waals surface area contributed by atoms with E-state index in [0.29, 0.717) is 6.54 Å². The summed E-state index contributed by atoms with van der Waals surface area (Å²) in [6, 6.07) is 4.00. The first-order valence-electron chi connectivity index (χ1n) is 8.51. The van der Waals surface area contributed by atoms with E-state index in [2.05, 4.69) is 0 Å². The van der Waals surface area contributed by atoms with Crippen LogP contribution in [0.15, 0.2) is 27.1 Å². The fourth-order valence-electron chi connectivity index (χ4n) is 2.78. The lowest BCUT2D eigenvalue weighted by molar-refractivity contribution is 0.0923. The monoisotopic (exact) mass is 378 g/mol. The lowest BCUT2D eigenvalue weighted by Gasteiger charge is -2.23. The minimum absolute atomic E-state index is 0.0330. The van der Waals surface area contributed by atoms with Crippen molar-refractivity contribution in [1.82, 2.24) is 14.0 Å². The Balaban J connectivity index is 2.38. The molecular weight excluding hydrogens is 352 g/mol. The van der Waals surface area contributed by atoms with Gasteiger partial charge in [-0.25, -0.2) is 4.79 Å². The molecular formula is C18H26N4O3S. The molecule has 2 rings (SSSR count). The first-order valence-corrected chi connectivity index (χ1v) is 9.39. The fourth-order valence-corrected chi connectivity index (χ4v) is 3.62. The van der Waals surface area contributed by atoms with E-state index >= 15 is 0 Å². The van der Waals surface area contributed by atoms with Crippen LogP contribution in [-0.4, -0.2) is 33.4 Å². The average molecular weight is 378 g/mol. The average Bonchev–Trinajstić information content (AvgIpc) is 3.10. The van der Waals surface area contributed by atoms with Crippen molar-refractivity contribution in [2.75, 3.05) is 19.3 Å². The topological polar surface area (TPSA) is 90.3 Å². The van der Waals surface area contributed by atoms with Crippen LogP contribution in [0.2, 0.25) is 0 Å². The predicted octanol–water partition coefficient (Wildman–Crippen LogP) is 1.72. The molecule has 0 aliphatic rings. The summed E-state index contributed by atoms with van der Waals surface area (Å²) in [5, 5.41) is 1.98. The van der Waals surface area contributed by atoms with E-state index in [-0.39, 0.29) is 35.7 Å². The van der Waals surface area contributed by atoms with Gasteiger partial charge in [0.15, 0.2) is 5.78 Å². The second-order valence-electron chi connectivity index (χ2n) is 6.94. The largest absolute Gasteiger partial charge is 0.384 e. The van der Waals surface area contributed by atoms with Gasteiger partial charge in [-0.05, 0) is 31.3 Å². The number of thiophene rings is 1. The second kappa shape index (κ2) is 8.01. The summed E-state index contributed by atoms with van der Waals surface area (Å²) in [6.45, 7) is 6.27. The maximum Gasteiger partial charge on any atom is 0.332 e. The number of aromatic nitrogens is 2. The third-order valence-electron chi connectivity index (χ3n) is 4.42. The SMILES string of the molecule is CC(C)Cn1c(N)c(C(=O)CN(C)C(C)c2cccs2)c(=O)n(C)c1=O. The number of hydrogen-bond acceptors (Lipinski definition) is 6. The number of hydrogen-bond donors (Lipinski definition) is 1. The maximum absolute atomic E-state index is 12.8. The highest BCUT2D eigenvalue weighted by Crippen LogP contribution is 2.23. The third-order valence-corrected chi connectivity index (χ3v) is 5.46. The third kappa shape index (κ3) is 3.96. The Bertz CT molecular complexity index is 896. The zero-order chi connectivity index (χ0) is 19.6. The maximum atomic E-state index is 12.8. The van der Waals surface area contributed by atoms with E-state index in [1.54, 1.807) is 11.3 Å². The van der Waals surface area contributed by atoms with E-state index in [9.17, 15) is 14.4 Å². The summed E-state index contributed by atoms with van der Waals surface area (Å²) >= 11 is 1.61. The second-order valence-corrected chi connectivity index (χ2v) is 7.92. The van der Waals surface area contributed by atoms with Gasteiger partial charge in [-0.3, -0.25) is 23.6 Å². The van der Waals surface area contributed by atoms with E-state index in [1.165, 1.54) is 11.6 Å². The Kier molecular flexibility index (Phi) is 6.20. The molecule has 0 aliphatic carbocycles. The number of anilines is 1. The minimum atomic E-state index is -0.644. The molecule has 0 spiro atoms. The molecule has 0 aromatic carbocycles. The summed E-state index contributed by atoms with van der Waals surface area (Å²) in [7, 11) is 3.20. The van der Waals surface area contributed by atoms with Gasteiger partial charge in [0, 0.05) is 24.5 Å². The standard InChI is InChI=1S/C18H26N4O3S/c1-11(2)9-22-16(19)15(17(24)21(5)18(22)25)13(23)10-20(4)12(3)14-7-6-8-26-14/h6-8,11-12H,9-10,19H2,1-5H3. The van der Waals surface area contributed by atoms with Crippen LogP contribution in [0.4, 0.5) is 5.82 Å². The zero-order valence-corrected chi connectivity index (χ0v) is 16.7. The van der Waals surface area contributed by atoms with Crippen LogP contribution in [0.3, 0.4) is 0 Å². The van der Waals surface area contributed by atoms with E-state index < -0.39 is 11.2 Å². The van der Waals surface area contributed by atoms with Crippen LogP contribution in [0.5, 0.6) is 0 Å². The van der Waals surface area contributed by atoms with Crippen LogP contribution in [0, 0.1) is 5.92 Å². The number of nitrogens with zero attached hydrogens (tertiary/aromatic N) is 3. The summed E-state index contributed by atoms with van der Waals surface area (Å²) in [6.07, 6.45) is 0. The molecule has 0 bridgehead atoms. The Morgan fingerprint density at radius 1 is 1.31 bits per heavy atom. The molecule has 0 fully saturated rings. The van der Waals surface area contributed by atoms with Gasteiger partial charge in [-0.15, -0.1) is 11.3 Å². The highest BCUT2D eigenvalue weighted by molar-refractivity contribution is 7.10. The normalized spacial score (nSPS) is 12.7. The lowest BCUT2D eigenvalue weighted by Crippen LogP contribution is -2.44. The first-order chi connectivity index (χ1) is 12.1. The molecule has 2 aromatic rings. The quantitative estimate of drug-likeness (QED) is 0.741. The van der Waals surface area contributed by atoms with Crippen molar-refractivity contribution in [1.29, 1.82) is 0 Å². The summed E-state index contributed by atoms with van der Waals surface area (Å²) < 4.78 is 2.26. The van der Waals surface area contributed by atoms with Crippen molar-refractivity contribution in [3.05, 3.63) is 48.8 Å². The Morgan fingerprint density at radius 2 is 1.96 bits per heavy atom. The smallest absolute Gasteiger partial charge is 0.332 e. The van der Waals surface area contributed by atoms with Crippen molar-refractivity contribution >= 4 is 22.9 Å². The predicted molar refractivity (Wildman–Crippen MR) is 105 cm³/mol. The van der Waals surface area contributed by atoms with Gasteiger partial charge in [0.05, 0.1) is 6.54 Å². The zero-order valence-electron chi connectivity index (χ0n) is 15.9. The van der Waals surface area contributed by atoms with E-state index in [4.69, 9.17) is 5.73 Å². The number of carbonyl (C=O) groups is 1. The molecule has 0 saturated heterocycles. The number of rotatable bonds is 7. The number of Topliss-reactive ketones (excluding diaryl/α,β-unsaturated/α-hetero) is 1. The van der Waals surface area contributed by atoms with E-state index in [1.807, 2.05) is 50.2 Å². The van der Waals surface area contributed by atoms with Crippen LogP contribution < -0.4 is 17.0 Å². The lowest BCUT2D eigenvalue weighted by atomic mass is 10.1. The van der Waals surface area contributed by atoms with Gasteiger partial charge < -0.3 is 5.73 Å². The molecule has 0 aliphatic heterocycles. The molecule has 0 radical (unpaired) electrons. The van der Waals surface area contributed by atoms with Crippen molar-refractivity contribution in [2.45, 2.75) is 33.4 Å². The summed E-state index contributed by atoms with van der Waals surface area (Å²) in [5.41, 5.74) is 4.80. The number of nitrogens with two attached hydrogens (primary N) is 1. The molecule has 142 valence electrons. The number of likely N-dealkylation sites (N-methyl/N-ethyl adjacent to an activating group) is 1. The number of nitrogen functional groups attached to an aromatic ring is 1. The number of ketones is 1. The van der Waals surface area contributed by atoms with Crippen molar-refractivity contribution in [3.63, 3.8) is 0 Å². The van der Waals surface area contributed by atoms with Crippen molar-refractivity contribution < 1.29 is 4.79 Å². The highest BCUT2D eigenvalue weighted by Gasteiger charge is 2.24. The molecule has 0 saturated carbocycles. The molecule has 26 heavy (non-hydrogen) atoms. The fraction of sp³-hybridized carbons (Fsp3) is 0.500. The number of carbonyl (C=O) groups excluding carboxylic acids is 1. The van der Waals surface area contributed by atoms with Crippen LogP contribution >= 0.6 is 11.3 Å². The molecule has 1 atom stereocenters. The summed E-state index contributed by atoms with van der Waals surface area (Å²) in [5.74, 6) is -0.280. The molecule has 2 aromatic heterocycles. The Morgan fingerprint density at radius 3 is 2.50 bits per heavy atom. The highest BCUT2D eigenvalue weighted by atomic mass is 32.1.